The number of amides is 2. The van der Waals surface area contributed by atoms with Crippen LogP contribution in [0.3, 0.4) is 0 Å². The zero-order valence-corrected chi connectivity index (χ0v) is 15.3. The van der Waals surface area contributed by atoms with Crippen LogP contribution in [0.4, 0.5) is 13.2 Å². The topological polar surface area (TPSA) is 61.9 Å². The van der Waals surface area contributed by atoms with E-state index < -0.39 is 24.0 Å². The van der Waals surface area contributed by atoms with Gasteiger partial charge < -0.3 is 15.0 Å². The molecule has 2 heterocycles. The molecule has 2 aliphatic rings. The number of ether oxygens (including phenoxy) is 1. The number of hydrogen-bond donors (Lipinski definition) is 1. The molecule has 0 aliphatic carbocycles. The molecule has 2 rings (SSSR count). The zero-order chi connectivity index (χ0) is 19.3. The van der Waals surface area contributed by atoms with Crippen LogP contribution in [0, 0.1) is 5.92 Å². The van der Waals surface area contributed by atoms with Gasteiger partial charge in [-0.1, -0.05) is 13.8 Å². The Hall–Kier alpha value is -1.35. The van der Waals surface area contributed by atoms with Crippen LogP contribution in [0.1, 0.15) is 33.1 Å². The molecule has 9 heteroatoms. The summed E-state index contributed by atoms with van der Waals surface area (Å²) in [7, 11) is 0. The summed E-state index contributed by atoms with van der Waals surface area (Å²) in [5.41, 5.74) is 0. The summed E-state index contributed by atoms with van der Waals surface area (Å²) in [6, 6.07) is -0.926. The minimum atomic E-state index is -4.95. The maximum absolute atomic E-state index is 12.7. The summed E-state index contributed by atoms with van der Waals surface area (Å²) in [5.74, 6) is -2.00. The molecule has 2 aliphatic heterocycles. The van der Waals surface area contributed by atoms with Crippen LogP contribution in [-0.4, -0.2) is 79.3 Å². The second-order valence-electron chi connectivity index (χ2n) is 7.33. The van der Waals surface area contributed by atoms with Gasteiger partial charge in [0.25, 0.3) is 0 Å². The highest BCUT2D eigenvalue weighted by Crippen LogP contribution is 2.25. The summed E-state index contributed by atoms with van der Waals surface area (Å²) in [6.45, 7) is 7.34. The lowest BCUT2D eigenvalue weighted by molar-refractivity contribution is -0.186. The minimum Gasteiger partial charge on any atom is -0.379 e. The largest absolute Gasteiger partial charge is 0.471 e. The van der Waals surface area contributed by atoms with Crippen molar-refractivity contribution >= 4 is 11.8 Å². The Kier molecular flexibility index (Phi) is 7.28. The van der Waals surface area contributed by atoms with Crippen LogP contribution in [0.5, 0.6) is 0 Å². The summed E-state index contributed by atoms with van der Waals surface area (Å²) in [6.07, 6.45) is -3.41. The van der Waals surface area contributed by atoms with Crippen molar-refractivity contribution in [1.82, 2.24) is 15.1 Å². The first kappa shape index (κ1) is 21.0. The smallest absolute Gasteiger partial charge is 0.379 e. The number of carbonyl (C=O) groups excluding carboxylic acids is 2. The van der Waals surface area contributed by atoms with E-state index >= 15 is 0 Å². The standard InChI is InChI=1S/C17H28F3N3O3/c1-12(2)10-13(22-6-8-26-9-7-22)11-21-15(24)14-4-3-5-23(14)16(25)17(18,19)20/h12-14H,3-11H2,1-2H3,(H,21,24). The summed E-state index contributed by atoms with van der Waals surface area (Å²) >= 11 is 0. The molecule has 0 aromatic rings. The van der Waals surface area contributed by atoms with Crippen molar-refractivity contribution in [3.05, 3.63) is 0 Å². The first-order valence-corrected chi connectivity index (χ1v) is 9.17. The molecule has 0 radical (unpaired) electrons. The maximum atomic E-state index is 12.7. The Labute approximate surface area is 152 Å². The number of hydrogen-bond acceptors (Lipinski definition) is 4. The first-order valence-electron chi connectivity index (χ1n) is 9.17. The third-order valence-electron chi connectivity index (χ3n) is 4.88. The van der Waals surface area contributed by atoms with E-state index in [1.54, 1.807) is 0 Å². The van der Waals surface area contributed by atoms with Crippen molar-refractivity contribution in [1.29, 1.82) is 0 Å². The van der Waals surface area contributed by atoms with E-state index in [-0.39, 0.29) is 19.0 Å². The second-order valence-corrected chi connectivity index (χ2v) is 7.33. The monoisotopic (exact) mass is 379 g/mol. The van der Waals surface area contributed by atoms with Crippen LogP contribution in [0.15, 0.2) is 0 Å². The van der Waals surface area contributed by atoms with Gasteiger partial charge in [-0.25, -0.2) is 0 Å². The van der Waals surface area contributed by atoms with E-state index in [2.05, 4.69) is 24.1 Å². The Bertz CT molecular complexity index is 493. The fourth-order valence-electron chi connectivity index (χ4n) is 3.63. The minimum absolute atomic E-state index is 0.0324. The van der Waals surface area contributed by atoms with Gasteiger partial charge in [-0.15, -0.1) is 0 Å². The van der Waals surface area contributed by atoms with E-state index in [1.807, 2.05) is 0 Å². The predicted molar refractivity (Wildman–Crippen MR) is 89.4 cm³/mol. The average Bonchev–Trinajstić information content (AvgIpc) is 3.06. The van der Waals surface area contributed by atoms with Gasteiger partial charge >= 0.3 is 12.1 Å². The molecule has 6 nitrogen and oxygen atoms in total. The molecule has 0 spiro atoms. The molecular weight excluding hydrogens is 351 g/mol. The van der Waals surface area contributed by atoms with E-state index in [0.717, 1.165) is 19.5 Å². The molecule has 26 heavy (non-hydrogen) atoms. The zero-order valence-electron chi connectivity index (χ0n) is 15.3. The molecule has 0 aromatic heterocycles. The fourth-order valence-corrected chi connectivity index (χ4v) is 3.63. The Balaban J connectivity index is 1.94. The molecule has 2 atom stereocenters. The highest BCUT2D eigenvalue weighted by molar-refractivity contribution is 5.90. The van der Waals surface area contributed by atoms with E-state index in [9.17, 15) is 22.8 Å². The van der Waals surface area contributed by atoms with Gasteiger partial charge in [0, 0.05) is 32.2 Å². The molecule has 2 unspecified atom stereocenters. The third kappa shape index (κ3) is 5.57. The Morgan fingerprint density at radius 2 is 1.85 bits per heavy atom. The normalized spacial score (nSPS) is 23.3. The van der Waals surface area contributed by atoms with Crippen LogP contribution < -0.4 is 5.32 Å². The Morgan fingerprint density at radius 3 is 2.42 bits per heavy atom. The van der Waals surface area contributed by atoms with Crippen LogP contribution in [-0.2, 0) is 14.3 Å². The first-order chi connectivity index (χ1) is 12.2. The molecule has 0 bridgehead atoms. The van der Waals surface area contributed by atoms with Crippen LogP contribution >= 0.6 is 0 Å². The molecule has 2 saturated heterocycles. The predicted octanol–water partition coefficient (Wildman–Crippen LogP) is 1.40. The van der Waals surface area contributed by atoms with Gasteiger partial charge in [-0.05, 0) is 25.2 Å². The summed E-state index contributed by atoms with van der Waals surface area (Å²) in [4.78, 5) is 26.9. The number of carbonyl (C=O) groups is 2. The van der Waals surface area contributed by atoms with Crippen LogP contribution in [0.25, 0.3) is 0 Å². The maximum Gasteiger partial charge on any atom is 0.471 e. The number of nitrogens with one attached hydrogen (secondary N) is 1. The highest BCUT2D eigenvalue weighted by Gasteiger charge is 2.47. The number of alkyl halides is 3. The average molecular weight is 379 g/mol. The molecule has 0 saturated carbocycles. The summed E-state index contributed by atoms with van der Waals surface area (Å²) in [5, 5.41) is 2.78. The van der Waals surface area contributed by atoms with Gasteiger partial charge in [-0.3, -0.25) is 14.5 Å². The molecule has 150 valence electrons. The molecule has 1 N–H and O–H groups in total. The molecule has 2 amide bonds. The Morgan fingerprint density at radius 1 is 1.19 bits per heavy atom. The highest BCUT2D eigenvalue weighted by atomic mass is 19.4. The SMILES string of the molecule is CC(C)CC(CNC(=O)C1CCCN1C(=O)C(F)(F)F)N1CCOCC1. The number of morpholine rings is 1. The van der Waals surface area contributed by atoms with Crippen molar-refractivity contribution in [2.24, 2.45) is 5.92 Å². The fraction of sp³-hybridized carbons (Fsp3) is 0.882. The van der Waals surface area contributed by atoms with Crippen molar-refractivity contribution in [3.63, 3.8) is 0 Å². The number of halogens is 3. The van der Waals surface area contributed by atoms with Gasteiger partial charge in [-0.2, -0.15) is 13.2 Å². The number of nitrogens with zero attached hydrogens (tertiary/aromatic N) is 2. The lowest BCUT2D eigenvalue weighted by Gasteiger charge is -2.36. The second kappa shape index (κ2) is 9.03. The van der Waals surface area contributed by atoms with Gasteiger partial charge in [0.15, 0.2) is 0 Å². The van der Waals surface area contributed by atoms with E-state index in [4.69, 9.17) is 4.74 Å². The van der Waals surface area contributed by atoms with Crippen LogP contribution in [0.2, 0.25) is 0 Å². The van der Waals surface area contributed by atoms with Crippen molar-refractivity contribution in [2.45, 2.75) is 51.4 Å². The summed E-state index contributed by atoms with van der Waals surface area (Å²) < 4.78 is 43.4. The molecule has 0 aromatic carbocycles. The lowest BCUT2D eigenvalue weighted by Crippen LogP contribution is -2.53. The van der Waals surface area contributed by atoms with E-state index in [0.29, 0.717) is 37.0 Å². The van der Waals surface area contributed by atoms with Crippen molar-refractivity contribution in [3.8, 4) is 0 Å². The van der Waals surface area contributed by atoms with Gasteiger partial charge in [0.05, 0.1) is 13.2 Å². The number of rotatable bonds is 6. The van der Waals surface area contributed by atoms with Gasteiger partial charge in [0.1, 0.15) is 6.04 Å². The van der Waals surface area contributed by atoms with Crippen molar-refractivity contribution < 1.29 is 27.5 Å². The van der Waals surface area contributed by atoms with Gasteiger partial charge in [0.2, 0.25) is 5.91 Å². The third-order valence-corrected chi connectivity index (χ3v) is 4.88. The number of likely N-dealkylation sites (tertiary alicyclic amines) is 1. The lowest BCUT2D eigenvalue weighted by atomic mass is 10.0. The molecule has 2 fully saturated rings. The van der Waals surface area contributed by atoms with Crippen molar-refractivity contribution in [2.75, 3.05) is 39.4 Å². The quantitative estimate of drug-likeness (QED) is 0.758. The van der Waals surface area contributed by atoms with E-state index in [1.165, 1.54) is 0 Å². The molecular formula is C17H28F3N3O3.